The Morgan fingerprint density at radius 3 is 3.05 bits per heavy atom. The highest BCUT2D eigenvalue weighted by atomic mass is 32.1. The number of benzene rings is 1. The molecule has 1 aromatic carbocycles. The quantitative estimate of drug-likeness (QED) is 0.691. The zero-order valence-electron chi connectivity index (χ0n) is 11.4. The van der Waals surface area contributed by atoms with Gasteiger partial charge in [-0.05, 0) is 12.5 Å². The molecule has 0 saturated carbocycles. The number of thiazole rings is 1. The maximum Gasteiger partial charge on any atom is 0.196 e. The fourth-order valence-electron chi connectivity index (χ4n) is 2.34. The number of carbonyl (C=O) groups is 1. The van der Waals surface area contributed by atoms with Gasteiger partial charge in [0.1, 0.15) is 5.69 Å². The maximum absolute atomic E-state index is 11.3. The van der Waals surface area contributed by atoms with Gasteiger partial charge >= 0.3 is 0 Å². The highest BCUT2D eigenvalue weighted by molar-refractivity contribution is 7.15. The fourth-order valence-corrected chi connectivity index (χ4v) is 3.06. The highest BCUT2D eigenvalue weighted by Gasteiger charge is 2.16. The summed E-state index contributed by atoms with van der Waals surface area (Å²) >= 11 is 1.53. The Balaban J connectivity index is 1.94. The second-order valence-corrected chi connectivity index (χ2v) is 5.71. The second kappa shape index (κ2) is 5.09. The van der Waals surface area contributed by atoms with Crippen LogP contribution in [0.2, 0.25) is 0 Å². The van der Waals surface area contributed by atoms with Crippen LogP contribution >= 0.6 is 11.3 Å². The smallest absolute Gasteiger partial charge is 0.196 e. The number of nitrogens with zero attached hydrogens (tertiary/aromatic N) is 3. The lowest BCUT2D eigenvalue weighted by Gasteiger charge is -2.17. The lowest BCUT2D eigenvalue weighted by atomic mass is 10.1. The molecule has 0 radical (unpaired) electrons. The van der Waals surface area contributed by atoms with E-state index < -0.39 is 0 Å². The molecule has 0 spiro atoms. The third-order valence-electron chi connectivity index (χ3n) is 3.26. The van der Waals surface area contributed by atoms with E-state index in [4.69, 9.17) is 0 Å². The number of aryl methyl sites for hydroxylation is 1. The minimum absolute atomic E-state index is 0.608. The van der Waals surface area contributed by atoms with Crippen molar-refractivity contribution < 1.29 is 4.79 Å². The molecule has 5 heteroatoms. The van der Waals surface area contributed by atoms with Gasteiger partial charge in [-0.1, -0.05) is 29.8 Å². The number of hydrogen-bond acceptors (Lipinski definition) is 4. The van der Waals surface area contributed by atoms with Crippen LogP contribution in [0.3, 0.4) is 0 Å². The van der Waals surface area contributed by atoms with Gasteiger partial charge in [0.2, 0.25) is 0 Å². The number of hydrogen-bond donors (Lipinski definition) is 0. The van der Waals surface area contributed by atoms with Gasteiger partial charge in [-0.15, -0.1) is 11.3 Å². The maximum atomic E-state index is 11.3. The number of rotatable bonds is 4. The highest BCUT2D eigenvalue weighted by Crippen LogP contribution is 2.23. The van der Waals surface area contributed by atoms with E-state index in [1.54, 1.807) is 0 Å². The van der Waals surface area contributed by atoms with Crippen molar-refractivity contribution in [3.63, 3.8) is 0 Å². The van der Waals surface area contributed by atoms with Gasteiger partial charge in [0.05, 0.1) is 0 Å². The van der Waals surface area contributed by atoms with E-state index in [2.05, 4.69) is 30.1 Å². The first-order chi connectivity index (χ1) is 9.69. The molecule has 102 valence electrons. The molecule has 2 heterocycles. The van der Waals surface area contributed by atoms with Gasteiger partial charge in [-0.3, -0.25) is 9.20 Å². The molecule has 0 aliphatic rings. The van der Waals surface area contributed by atoms with Crippen LogP contribution in [0.5, 0.6) is 0 Å². The molecule has 0 amide bonds. The van der Waals surface area contributed by atoms with Crippen molar-refractivity contribution in [1.29, 1.82) is 0 Å². The van der Waals surface area contributed by atoms with Crippen LogP contribution in [0.1, 0.15) is 21.6 Å². The molecule has 0 N–H and O–H groups in total. The van der Waals surface area contributed by atoms with E-state index in [-0.39, 0.29) is 0 Å². The third-order valence-corrected chi connectivity index (χ3v) is 4.01. The summed E-state index contributed by atoms with van der Waals surface area (Å²) in [6.45, 7) is 2.81. The van der Waals surface area contributed by atoms with Crippen molar-refractivity contribution >= 4 is 28.4 Å². The van der Waals surface area contributed by atoms with Gasteiger partial charge in [0.25, 0.3) is 0 Å². The van der Waals surface area contributed by atoms with E-state index in [1.807, 2.05) is 34.0 Å². The van der Waals surface area contributed by atoms with Crippen LogP contribution in [0.15, 0.2) is 35.8 Å². The molecule has 0 bridgehead atoms. The molecular formula is C15H15N3OS. The molecule has 0 aliphatic heterocycles. The van der Waals surface area contributed by atoms with Gasteiger partial charge in [0.15, 0.2) is 17.1 Å². The summed E-state index contributed by atoms with van der Waals surface area (Å²) in [5.74, 6) is 0.730. The summed E-state index contributed by atoms with van der Waals surface area (Å²) in [4.78, 5) is 18.7. The van der Waals surface area contributed by atoms with Gasteiger partial charge in [-0.25, -0.2) is 4.98 Å². The van der Waals surface area contributed by atoms with E-state index in [1.165, 1.54) is 22.5 Å². The van der Waals surface area contributed by atoms with E-state index >= 15 is 0 Å². The van der Waals surface area contributed by atoms with Crippen LogP contribution < -0.4 is 4.90 Å². The average Bonchev–Trinajstić information content (AvgIpc) is 2.98. The Hall–Kier alpha value is -2.14. The number of fused-ring (bicyclic) bond motifs is 1. The molecule has 4 nitrogen and oxygen atoms in total. The first-order valence-electron chi connectivity index (χ1n) is 6.36. The van der Waals surface area contributed by atoms with E-state index in [0.717, 1.165) is 23.6 Å². The molecule has 0 fully saturated rings. The Morgan fingerprint density at radius 2 is 2.30 bits per heavy atom. The molecule has 0 saturated heterocycles. The predicted octanol–water partition coefficient (Wildman–Crippen LogP) is 3.15. The van der Waals surface area contributed by atoms with E-state index in [0.29, 0.717) is 5.69 Å². The Morgan fingerprint density at radius 1 is 1.45 bits per heavy atom. The van der Waals surface area contributed by atoms with Crippen molar-refractivity contribution in [1.82, 2.24) is 9.38 Å². The number of anilines is 1. The first kappa shape index (κ1) is 12.9. The minimum atomic E-state index is 0.608. The molecule has 0 atom stereocenters. The summed E-state index contributed by atoms with van der Waals surface area (Å²) in [6.07, 6.45) is 2.75. The monoisotopic (exact) mass is 285 g/mol. The average molecular weight is 285 g/mol. The van der Waals surface area contributed by atoms with Gasteiger partial charge in [-0.2, -0.15) is 0 Å². The van der Waals surface area contributed by atoms with Gasteiger partial charge < -0.3 is 4.90 Å². The van der Waals surface area contributed by atoms with Crippen LogP contribution in [-0.2, 0) is 6.54 Å². The van der Waals surface area contributed by atoms with Crippen LogP contribution in [0, 0.1) is 6.92 Å². The standard InChI is InChI=1S/C15H15N3OS/c1-11-4-3-5-12(8-11)9-17(2)14-13(10-19)18-6-7-20-15(18)16-14/h3-8,10H,9H2,1-2H3. The third kappa shape index (κ3) is 2.20. The summed E-state index contributed by atoms with van der Waals surface area (Å²) in [5, 5.41) is 1.93. The van der Waals surface area contributed by atoms with Gasteiger partial charge in [0, 0.05) is 25.2 Å². The SMILES string of the molecule is Cc1cccc(CN(C)c2nc3sccn3c2C=O)c1. The largest absolute Gasteiger partial charge is 0.353 e. The summed E-state index contributed by atoms with van der Waals surface area (Å²) in [5.41, 5.74) is 3.05. The summed E-state index contributed by atoms with van der Waals surface area (Å²) in [7, 11) is 1.96. The molecule has 2 aromatic heterocycles. The second-order valence-electron chi connectivity index (χ2n) is 4.84. The predicted molar refractivity (Wildman–Crippen MR) is 81.7 cm³/mol. The van der Waals surface area contributed by atoms with Crippen molar-refractivity contribution in [2.24, 2.45) is 0 Å². The molecular weight excluding hydrogens is 270 g/mol. The summed E-state index contributed by atoms with van der Waals surface area (Å²) < 4.78 is 1.83. The molecule has 0 unspecified atom stereocenters. The first-order valence-corrected chi connectivity index (χ1v) is 7.24. The van der Waals surface area contributed by atoms with Crippen LogP contribution in [0.4, 0.5) is 5.82 Å². The van der Waals surface area contributed by atoms with Crippen molar-refractivity contribution in [2.75, 3.05) is 11.9 Å². The molecule has 20 heavy (non-hydrogen) atoms. The normalized spacial score (nSPS) is 10.9. The van der Waals surface area contributed by atoms with Crippen LogP contribution in [0.25, 0.3) is 4.96 Å². The fraction of sp³-hybridized carbons (Fsp3) is 0.200. The number of aldehydes is 1. The minimum Gasteiger partial charge on any atom is -0.353 e. The molecule has 3 aromatic rings. The number of carbonyl (C=O) groups excluding carboxylic acids is 1. The van der Waals surface area contributed by atoms with Crippen molar-refractivity contribution in [3.05, 3.63) is 52.7 Å². The molecule has 0 aliphatic carbocycles. The Bertz CT molecular complexity index is 759. The Kier molecular flexibility index (Phi) is 3.28. The van der Waals surface area contributed by atoms with Crippen molar-refractivity contribution in [3.8, 4) is 0 Å². The number of imidazole rings is 1. The summed E-state index contributed by atoms with van der Waals surface area (Å²) in [6, 6.07) is 8.36. The van der Waals surface area contributed by atoms with E-state index in [9.17, 15) is 4.79 Å². The lowest BCUT2D eigenvalue weighted by molar-refractivity contribution is 0.111. The zero-order valence-corrected chi connectivity index (χ0v) is 12.2. The topological polar surface area (TPSA) is 37.6 Å². The lowest BCUT2D eigenvalue weighted by Crippen LogP contribution is -2.18. The zero-order chi connectivity index (χ0) is 14.1. The molecule has 3 rings (SSSR count). The Labute approximate surface area is 121 Å². The van der Waals surface area contributed by atoms with Crippen molar-refractivity contribution in [2.45, 2.75) is 13.5 Å². The van der Waals surface area contributed by atoms with Crippen LogP contribution in [-0.4, -0.2) is 22.7 Å². The number of aromatic nitrogens is 2.